The number of carbonyl (C=O) groups excluding carboxylic acids is 1. The molecular formula is C21H13F2NO4S2. The largest absolute Gasteiger partial charge is 0.507 e. The first-order valence-electron chi connectivity index (χ1n) is 8.59. The lowest BCUT2D eigenvalue weighted by atomic mass is 10.1. The maximum Gasteiger partial charge on any atom is 0.339 e. The molecular weight excluding hydrogens is 432 g/mol. The zero-order valence-electron chi connectivity index (χ0n) is 15.3. The number of rotatable bonds is 4. The number of aromatic hydroxyl groups is 1. The normalized spacial score (nSPS) is 11.0. The predicted octanol–water partition coefficient (Wildman–Crippen LogP) is 5.87. The molecule has 1 amide bonds. The van der Waals surface area contributed by atoms with Crippen LogP contribution in [0.15, 0.2) is 41.1 Å². The maximum atomic E-state index is 14.4. The summed E-state index contributed by atoms with van der Waals surface area (Å²) in [5.74, 6) is -4.59. The lowest BCUT2D eigenvalue weighted by Crippen LogP contribution is -2.14. The molecule has 0 bridgehead atoms. The number of nitrogens with one attached hydrogen (secondary N) is 1. The molecule has 0 fully saturated rings. The summed E-state index contributed by atoms with van der Waals surface area (Å²) < 4.78 is 29.2. The predicted molar refractivity (Wildman–Crippen MR) is 113 cm³/mol. The summed E-state index contributed by atoms with van der Waals surface area (Å²) in [5, 5.41) is 26.2. The van der Waals surface area contributed by atoms with E-state index < -0.39 is 23.5 Å². The van der Waals surface area contributed by atoms with E-state index in [9.17, 15) is 28.6 Å². The van der Waals surface area contributed by atoms with Crippen LogP contribution < -0.4 is 5.32 Å². The van der Waals surface area contributed by atoms with Crippen LogP contribution in [0.3, 0.4) is 0 Å². The highest BCUT2D eigenvalue weighted by atomic mass is 32.1. The molecule has 0 unspecified atom stereocenters. The van der Waals surface area contributed by atoms with Gasteiger partial charge in [0.1, 0.15) is 11.3 Å². The quantitative estimate of drug-likeness (QED) is 0.367. The molecule has 0 aliphatic rings. The maximum absolute atomic E-state index is 14.4. The highest BCUT2D eigenvalue weighted by molar-refractivity contribution is 7.17. The number of carbonyl (C=O) groups is 2. The number of carboxylic acid groups (broad SMARTS) is 1. The summed E-state index contributed by atoms with van der Waals surface area (Å²) in [5.41, 5.74) is -0.561. The van der Waals surface area contributed by atoms with Gasteiger partial charge in [0, 0.05) is 15.6 Å². The number of benzene rings is 2. The van der Waals surface area contributed by atoms with E-state index in [1.54, 1.807) is 6.07 Å². The minimum Gasteiger partial charge on any atom is -0.507 e. The molecule has 0 aliphatic heterocycles. The monoisotopic (exact) mass is 445 g/mol. The van der Waals surface area contributed by atoms with Crippen LogP contribution >= 0.6 is 22.7 Å². The lowest BCUT2D eigenvalue weighted by Gasteiger charge is -2.09. The average Bonchev–Trinajstić information content (AvgIpc) is 3.32. The smallest absolute Gasteiger partial charge is 0.339 e. The number of aromatic carboxylic acids is 1. The molecule has 9 heteroatoms. The molecule has 4 rings (SSSR count). The van der Waals surface area contributed by atoms with Gasteiger partial charge in [-0.2, -0.15) is 0 Å². The van der Waals surface area contributed by atoms with Gasteiger partial charge in [-0.05, 0) is 41.5 Å². The highest BCUT2D eigenvalue weighted by Crippen LogP contribution is 2.39. The van der Waals surface area contributed by atoms with E-state index in [-0.39, 0.29) is 38.6 Å². The molecule has 0 saturated carbocycles. The van der Waals surface area contributed by atoms with Crippen LogP contribution in [0.5, 0.6) is 5.75 Å². The van der Waals surface area contributed by atoms with Crippen molar-refractivity contribution in [3.63, 3.8) is 0 Å². The number of aryl methyl sites for hydroxylation is 1. The Morgan fingerprint density at radius 2 is 1.83 bits per heavy atom. The van der Waals surface area contributed by atoms with E-state index >= 15 is 0 Å². The minimum absolute atomic E-state index is 0.0212. The number of fused-ring (bicyclic) bond motifs is 1. The van der Waals surface area contributed by atoms with Gasteiger partial charge in [-0.25, -0.2) is 13.6 Å². The molecule has 0 aliphatic carbocycles. The van der Waals surface area contributed by atoms with Gasteiger partial charge < -0.3 is 15.5 Å². The van der Waals surface area contributed by atoms with Crippen molar-refractivity contribution in [3.8, 4) is 16.2 Å². The van der Waals surface area contributed by atoms with Gasteiger partial charge in [0.05, 0.1) is 16.1 Å². The molecule has 2 aromatic heterocycles. The Morgan fingerprint density at radius 3 is 2.57 bits per heavy atom. The summed E-state index contributed by atoms with van der Waals surface area (Å²) in [4.78, 5) is 24.5. The van der Waals surface area contributed by atoms with Crippen molar-refractivity contribution in [1.29, 1.82) is 0 Å². The molecule has 152 valence electrons. The zero-order valence-corrected chi connectivity index (χ0v) is 17.0. The van der Waals surface area contributed by atoms with Crippen LogP contribution in [0.4, 0.5) is 14.5 Å². The summed E-state index contributed by atoms with van der Waals surface area (Å²) in [6.45, 7) is 1.40. The summed E-state index contributed by atoms with van der Waals surface area (Å²) in [6.07, 6.45) is 0. The topological polar surface area (TPSA) is 86.6 Å². The van der Waals surface area contributed by atoms with Gasteiger partial charge in [0.25, 0.3) is 5.91 Å². The van der Waals surface area contributed by atoms with Crippen molar-refractivity contribution >= 4 is 50.3 Å². The number of carboxylic acids is 1. The van der Waals surface area contributed by atoms with Crippen LogP contribution in [-0.2, 0) is 0 Å². The van der Waals surface area contributed by atoms with Crippen molar-refractivity contribution < 1.29 is 28.6 Å². The van der Waals surface area contributed by atoms with Crippen molar-refractivity contribution in [2.24, 2.45) is 0 Å². The van der Waals surface area contributed by atoms with Crippen LogP contribution in [0, 0.1) is 18.6 Å². The van der Waals surface area contributed by atoms with Crippen molar-refractivity contribution in [1.82, 2.24) is 0 Å². The van der Waals surface area contributed by atoms with Crippen molar-refractivity contribution in [2.45, 2.75) is 6.92 Å². The molecule has 30 heavy (non-hydrogen) atoms. The van der Waals surface area contributed by atoms with Crippen molar-refractivity contribution in [2.75, 3.05) is 5.32 Å². The first kappa shape index (κ1) is 20.0. The number of hydrogen-bond acceptors (Lipinski definition) is 5. The van der Waals surface area contributed by atoms with Gasteiger partial charge >= 0.3 is 5.97 Å². The number of thiophene rings is 2. The van der Waals surface area contributed by atoms with Gasteiger partial charge in [-0.3, -0.25) is 4.79 Å². The van der Waals surface area contributed by atoms with E-state index in [0.29, 0.717) is 0 Å². The third-order valence-electron chi connectivity index (χ3n) is 4.59. The van der Waals surface area contributed by atoms with Gasteiger partial charge in [-0.1, -0.05) is 12.1 Å². The fourth-order valence-corrected chi connectivity index (χ4v) is 4.87. The van der Waals surface area contributed by atoms with E-state index in [0.717, 1.165) is 21.4 Å². The Kier molecular flexibility index (Phi) is 5.00. The van der Waals surface area contributed by atoms with Gasteiger partial charge in [-0.15, -0.1) is 22.7 Å². The second-order valence-electron chi connectivity index (χ2n) is 6.50. The van der Waals surface area contributed by atoms with E-state index in [2.05, 4.69) is 5.32 Å². The SMILES string of the molecule is Cc1ccc(-c2scc(NC(=O)c3cc4sccc4cc3O)c2C(=O)O)c(F)c1F. The average molecular weight is 445 g/mol. The number of halogens is 2. The van der Waals surface area contributed by atoms with Gasteiger partial charge in [0.2, 0.25) is 0 Å². The van der Waals surface area contributed by atoms with Gasteiger partial charge in [0.15, 0.2) is 11.6 Å². The Bertz CT molecular complexity index is 1330. The molecule has 2 heterocycles. The fourth-order valence-electron chi connectivity index (χ4n) is 3.05. The first-order chi connectivity index (χ1) is 14.3. The van der Waals surface area contributed by atoms with Crippen LogP contribution in [0.2, 0.25) is 0 Å². The molecule has 5 nitrogen and oxygen atoms in total. The van der Waals surface area contributed by atoms with Crippen LogP contribution in [-0.4, -0.2) is 22.1 Å². The summed E-state index contributed by atoms with van der Waals surface area (Å²) in [6, 6.07) is 7.40. The van der Waals surface area contributed by atoms with Crippen molar-refractivity contribution in [3.05, 3.63) is 69.4 Å². The first-order valence-corrected chi connectivity index (χ1v) is 10.3. The number of hydrogen-bond donors (Lipinski definition) is 3. The molecule has 0 spiro atoms. The Morgan fingerprint density at radius 1 is 1.07 bits per heavy atom. The third kappa shape index (κ3) is 3.31. The summed E-state index contributed by atoms with van der Waals surface area (Å²) >= 11 is 2.26. The zero-order chi connectivity index (χ0) is 21.6. The minimum atomic E-state index is -1.40. The molecule has 4 aromatic rings. The molecule has 0 atom stereocenters. The second kappa shape index (κ2) is 7.51. The number of phenolic OH excluding ortho intramolecular Hbond substituents is 1. The van der Waals surface area contributed by atoms with E-state index in [1.165, 1.54) is 47.9 Å². The number of phenols is 1. The molecule has 2 aromatic carbocycles. The lowest BCUT2D eigenvalue weighted by molar-refractivity contribution is 0.0699. The van der Waals surface area contributed by atoms with E-state index in [1.807, 2.05) is 5.38 Å². The standard InChI is InChI=1S/C21H13F2NO4S2/c1-9-2-3-11(18(23)17(9)22)19-16(21(27)28)13(8-30-19)24-20(26)12-7-15-10(4-5-29-15)6-14(12)25/h2-8,25H,1H3,(H,24,26)(H,27,28). The number of anilines is 1. The highest BCUT2D eigenvalue weighted by Gasteiger charge is 2.25. The van der Waals surface area contributed by atoms with Crippen LogP contribution in [0.25, 0.3) is 20.5 Å². The van der Waals surface area contributed by atoms with E-state index in [4.69, 9.17) is 0 Å². The molecule has 0 radical (unpaired) electrons. The Balaban J connectivity index is 1.75. The van der Waals surface area contributed by atoms with Crippen LogP contribution in [0.1, 0.15) is 26.3 Å². The Labute approximate surface area is 176 Å². The second-order valence-corrected chi connectivity index (χ2v) is 8.33. The number of amides is 1. The molecule has 3 N–H and O–H groups in total. The third-order valence-corrected chi connectivity index (χ3v) is 6.48. The summed E-state index contributed by atoms with van der Waals surface area (Å²) in [7, 11) is 0. The fraction of sp³-hybridized carbons (Fsp3) is 0.0476. The Hall–Kier alpha value is -3.30. The molecule has 0 saturated heterocycles.